The Morgan fingerprint density at radius 1 is 0.449 bits per heavy atom. The second-order valence-electron chi connectivity index (χ2n) is 14.8. The fraction of sp³-hybridized carbons (Fsp3) is 0.178. The van der Waals surface area contributed by atoms with Crippen molar-refractivity contribution in [3.8, 4) is 39.9 Å². The molecule has 0 spiro atoms. The van der Waals surface area contributed by atoms with Crippen LogP contribution in [0.25, 0.3) is 72.4 Å². The van der Waals surface area contributed by atoms with Crippen LogP contribution in [0.3, 0.4) is 0 Å². The molecule has 0 aliphatic heterocycles. The quantitative estimate of drug-likeness (QED) is 0.193. The van der Waals surface area contributed by atoms with Crippen LogP contribution in [-0.2, 0) is 10.8 Å². The molecule has 2 aromatic heterocycles. The molecule has 1 aliphatic carbocycles. The Kier molecular flexibility index (Phi) is 6.61. The highest BCUT2D eigenvalue weighted by Gasteiger charge is 2.38. The predicted molar refractivity (Wildman–Crippen MR) is 203 cm³/mol. The van der Waals surface area contributed by atoms with Gasteiger partial charge in [-0.2, -0.15) is 0 Å². The standard InChI is InChI=1S/C45H38N4/c1-44(2)23-24-45(3,4)38-28-40-36(27-37(38)44)35-25-32-17-11-12-18-33(32)26-39(35)49(40)34-21-19-31(20-22-34)43-47-41(29-13-7-5-8-14-29)46-42(48-43)30-15-9-6-10-16-30/h5-22,25-28H,23-24H2,1-4H3. The lowest BCUT2D eigenvalue weighted by atomic mass is 9.63. The number of rotatable bonds is 4. The van der Waals surface area contributed by atoms with Crippen molar-refractivity contribution < 1.29 is 0 Å². The summed E-state index contributed by atoms with van der Waals surface area (Å²) < 4.78 is 2.46. The first kappa shape index (κ1) is 29.5. The maximum atomic E-state index is 4.97. The van der Waals surface area contributed by atoms with Gasteiger partial charge in [0, 0.05) is 33.2 Å². The lowest BCUT2D eigenvalue weighted by molar-refractivity contribution is 0.332. The van der Waals surface area contributed by atoms with E-state index in [1.165, 1.54) is 56.5 Å². The normalized spacial score (nSPS) is 15.1. The molecule has 2 heterocycles. The van der Waals surface area contributed by atoms with E-state index in [4.69, 9.17) is 15.0 Å². The van der Waals surface area contributed by atoms with Gasteiger partial charge in [0.05, 0.1) is 11.0 Å². The van der Waals surface area contributed by atoms with Crippen molar-refractivity contribution in [2.24, 2.45) is 0 Å². The van der Waals surface area contributed by atoms with Gasteiger partial charge in [-0.3, -0.25) is 0 Å². The summed E-state index contributed by atoms with van der Waals surface area (Å²) in [5, 5.41) is 5.11. The van der Waals surface area contributed by atoms with E-state index in [1.54, 1.807) is 0 Å². The number of benzene rings is 6. The smallest absolute Gasteiger partial charge is 0.164 e. The molecule has 0 atom stereocenters. The summed E-state index contributed by atoms with van der Waals surface area (Å²) in [5.74, 6) is 1.99. The maximum Gasteiger partial charge on any atom is 0.164 e. The van der Waals surface area contributed by atoms with Crippen LogP contribution in [0.1, 0.15) is 51.7 Å². The molecule has 0 fully saturated rings. The average molecular weight is 635 g/mol. The summed E-state index contributed by atoms with van der Waals surface area (Å²) in [6.45, 7) is 9.64. The van der Waals surface area contributed by atoms with Gasteiger partial charge >= 0.3 is 0 Å². The zero-order valence-electron chi connectivity index (χ0n) is 28.4. The summed E-state index contributed by atoms with van der Waals surface area (Å²) in [4.78, 5) is 14.8. The van der Waals surface area contributed by atoms with Crippen molar-refractivity contribution in [3.63, 3.8) is 0 Å². The van der Waals surface area contributed by atoms with E-state index in [0.717, 1.165) is 22.4 Å². The third kappa shape index (κ3) is 4.93. The Bertz CT molecular complexity index is 2470. The summed E-state index contributed by atoms with van der Waals surface area (Å²) in [5.41, 5.74) is 9.66. The van der Waals surface area contributed by atoms with E-state index >= 15 is 0 Å². The molecule has 6 aromatic carbocycles. The molecule has 238 valence electrons. The van der Waals surface area contributed by atoms with Crippen LogP contribution in [0, 0.1) is 0 Å². The molecule has 0 bridgehead atoms. The summed E-state index contributed by atoms with van der Waals surface area (Å²) in [6, 6.07) is 47.4. The molecule has 0 saturated carbocycles. The molecule has 0 radical (unpaired) electrons. The van der Waals surface area contributed by atoms with E-state index < -0.39 is 0 Å². The van der Waals surface area contributed by atoms with Crippen LogP contribution in [0.4, 0.5) is 0 Å². The van der Waals surface area contributed by atoms with Crippen LogP contribution >= 0.6 is 0 Å². The summed E-state index contributed by atoms with van der Waals surface area (Å²) in [7, 11) is 0. The van der Waals surface area contributed by atoms with E-state index in [0.29, 0.717) is 17.5 Å². The Morgan fingerprint density at radius 3 is 1.43 bits per heavy atom. The third-order valence-electron chi connectivity index (χ3n) is 10.7. The van der Waals surface area contributed by atoms with Crippen LogP contribution < -0.4 is 0 Å². The highest BCUT2D eigenvalue weighted by atomic mass is 15.0. The minimum atomic E-state index is 0.112. The minimum absolute atomic E-state index is 0.112. The largest absolute Gasteiger partial charge is 0.309 e. The topological polar surface area (TPSA) is 43.6 Å². The Balaban J connectivity index is 1.25. The van der Waals surface area contributed by atoms with E-state index in [-0.39, 0.29) is 10.8 Å². The Labute approximate surface area is 287 Å². The second-order valence-corrected chi connectivity index (χ2v) is 14.8. The second kappa shape index (κ2) is 11.0. The minimum Gasteiger partial charge on any atom is -0.309 e. The Hall–Kier alpha value is -5.61. The van der Waals surface area contributed by atoms with Gasteiger partial charge < -0.3 is 4.57 Å². The fourth-order valence-corrected chi connectivity index (χ4v) is 7.74. The molecule has 49 heavy (non-hydrogen) atoms. The molecular weight excluding hydrogens is 597 g/mol. The predicted octanol–water partition coefficient (Wildman–Crippen LogP) is 11.5. The van der Waals surface area contributed by atoms with Crippen LogP contribution in [-0.4, -0.2) is 19.5 Å². The van der Waals surface area contributed by atoms with Crippen molar-refractivity contribution in [3.05, 3.63) is 145 Å². The molecule has 4 heteroatoms. The highest BCUT2D eigenvalue weighted by molar-refractivity contribution is 6.14. The van der Waals surface area contributed by atoms with Gasteiger partial charge in [-0.1, -0.05) is 113 Å². The van der Waals surface area contributed by atoms with Gasteiger partial charge in [0.1, 0.15) is 0 Å². The van der Waals surface area contributed by atoms with Crippen molar-refractivity contribution in [2.75, 3.05) is 0 Å². The van der Waals surface area contributed by atoms with Crippen molar-refractivity contribution >= 4 is 32.6 Å². The van der Waals surface area contributed by atoms with Gasteiger partial charge in [0.25, 0.3) is 0 Å². The van der Waals surface area contributed by atoms with Gasteiger partial charge in [-0.25, -0.2) is 15.0 Å². The number of hydrogen-bond donors (Lipinski definition) is 0. The molecule has 9 rings (SSSR count). The number of nitrogens with zero attached hydrogens (tertiary/aromatic N) is 4. The van der Waals surface area contributed by atoms with Gasteiger partial charge in [-0.15, -0.1) is 0 Å². The van der Waals surface area contributed by atoms with Crippen molar-refractivity contribution in [2.45, 2.75) is 51.4 Å². The van der Waals surface area contributed by atoms with Gasteiger partial charge in [0.2, 0.25) is 0 Å². The first-order chi connectivity index (χ1) is 23.7. The SMILES string of the molecule is CC1(C)CCC(C)(C)c2cc3c(cc21)c1cc2ccccc2cc1n3-c1ccc(-c2nc(-c3ccccc3)nc(-c3ccccc3)n2)cc1. The Morgan fingerprint density at radius 2 is 0.878 bits per heavy atom. The monoisotopic (exact) mass is 634 g/mol. The zero-order valence-corrected chi connectivity index (χ0v) is 28.4. The molecular formula is C45H38N4. The number of aromatic nitrogens is 4. The number of fused-ring (bicyclic) bond motifs is 5. The van der Waals surface area contributed by atoms with Gasteiger partial charge in [0.15, 0.2) is 17.5 Å². The first-order valence-electron chi connectivity index (χ1n) is 17.2. The average Bonchev–Trinajstić information content (AvgIpc) is 3.45. The highest BCUT2D eigenvalue weighted by Crippen LogP contribution is 2.48. The first-order valence-corrected chi connectivity index (χ1v) is 17.2. The molecule has 0 N–H and O–H groups in total. The molecule has 8 aromatic rings. The van der Waals surface area contributed by atoms with Crippen LogP contribution in [0.5, 0.6) is 0 Å². The van der Waals surface area contributed by atoms with E-state index in [2.05, 4.69) is 105 Å². The lowest BCUT2D eigenvalue weighted by Crippen LogP contribution is -2.33. The summed E-state index contributed by atoms with van der Waals surface area (Å²) >= 11 is 0. The van der Waals surface area contributed by atoms with Gasteiger partial charge in [-0.05, 0) is 94.1 Å². The maximum absolute atomic E-state index is 4.97. The lowest BCUT2D eigenvalue weighted by Gasteiger charge is -2.42. The summed E-state index contributed by atoms with van der Waals surface area (Å²) in [6.07, 6.45) is 2.37. The molecule has 4 nitrogen and oxygen atoms in total. The van der Waals surface area contributed by atoms with Crippen molar-refractivity contribution in [1.29, 1.82) is 0 Å². The zero-order chi connectivity index (χ0) is 33.3. The van der Waals surface area contributed by atoms with Crippen molar-refractivity contribution in [1.82, 2.24) is 19.5 Å². The molecule has 0 amide bonds. The fourth-order valence-electron chi connectivity index (χ4n) is 7.74. The van der Waals surface area contributed by atoms with Crippen LogP contribution in [0.15, 0.2) is 133 Å². The molecule has 0 saturated heterocycles. The van der Waals surface area contributed by atoms with E-state index in [1.807, 2.05) is 60.7 Å². The third-order valence-corrected chi connectivity index (χ3v) is 10.7. The van der Waals surface area contributed by atoms with Crippen LogP contribution in [0.2, 0.25) is 0 Å². The van der Waals surface area contributed by atoms with E-state index in [9.17, 15) is 0 Å². The molecule has 0 unspecified atom stereocenters. The molecule has 1 aliphatic rings. The number of hydrogen-bond acceptors (Lipinski definition) is 3.